The molecule has 202 valence electrons. The lowest BCUT2D eigenvalue weighted by Gasteiger charge is -2.19. The Morgan fingerprint density at radius 1 is 1.03 bits per heavy atom. The van der Waals surface area contributed by atoms with Gasteiger partial charge in [-0.3, -0.25) is 4.79 Å². The lowest BCUT2D eigenvalue weighted by Crippen LogP contribution is -2.42. The van der Waals surface area contributed by atoms with E-state index in [0.29, 0.717) is 10.9 Å². The van der Waals surface area contributed by atoms with Crippen LogP contribution in [0.3, 0.4) is 0 Å². The van der Waals surface area contributed by atoms with Crippen LogP contribution in [0.15, 0.2) is 65.6 Å². The number of carbonyl (C=O) groups excluding carboxylic acids is 1. The molecule has 0 aliphatic rings. The fourth-order valence-corrected chi connectivity index (χ4v) is 6.26. The Labute approximate surface area is 230 Å². The summed E-state index contributed by atoms with van der Waals surface area (Å²) >= 11 is 12.6. The van der Waals surface area contributed by atoms with Crippen molar-refractivity contribution in [2.75, 3.05) is 12.4 Å². The third kappa shape index (κ3) is 7.66. The summed E-state index contributed by atoms with van der Waals surface area (Å²) in [5.41, 5.74) is 0.397. The van der Waals surface area contributed by atoms with Crippen LogP contribution < -0.4 is 10.6 Å². The van der Waals surface area contributed by atoms with Crippen LogP contribution in [0.5, 0.6) is 5.75 Å². The average Bonchev–Trinajstić information content (AvgIpc) is 2.82. The molecule has 9 nitrogen and oxygen atoms in total. The number of carboxylic acid groups (broad SMARTS) is 1. The normalized spacial score (nSPS) is 13.9. The van der Waals surface area contributed by atoms with Gasteiger partial charge < -0.3 is 25.5 Å². The molecule has 0 aromatic heterocycles. The number of aliphatic hydroxyl groups is 1. The summed E-state index contributed by atoms with van der Waals surface area (Å²) in [7, 11) is -5.34. The third-order valence-corrected chi connectivity index (χ3v) is 8.79. The first-order valence-electron chi connectivity index (χ1n) is 11.0. The van der Waals surface area contributed by atoms with Crippen LogP contribution in [-0.4, -0.2) is 59.0 Å². The van der Waals surface area contributed by atoms with Gasteiger partial charge in [-0.1, -0.05) is 47.5 Å². The Balaban J connectivity index is 1.77. The number of sulfone groups is 1. The molecule has 0 aliphatic carbocycles. The van der Waals surface area contributed by atoms with E-state index in [1.165, 1.54) is 42.5 Å². The molecule has 0 heterocycles. The number of aromatic hydroxyl groups is 1. The molecule has 0 aliphatic heterocycles. The lowest BCUT2D eigenvalue weighted by atomic mass is 10.0. The summed E-state index contributed by atoms with van der Waals surface area (Å²) in [4.78, 5) is 35.2. The third-order valence-electron chi connectivity index (χ3n) is 5.52. The quantitative estimate of drug-likeness (QED) is 0.222. The van der Waals surface area contributed by atoms with Crippen LogP contribution in [-0.2, 0) is 21.1 Å². The van der Waals surface area contributed by atoms with Gasteiger partial charge in [0.15, 0.2) is 9.84 Å². The first-order chi connectivity index (χ1) is 17.8. The van der Waals surface area contributed by atoms with Gasteiger partial charge in [-0.2, -0.15) is 0 Å². The SMILES string of the molecule is CS(=O)(=O)c1cccc(C[C@H](NC(=O)c2c(Cl)cc(C(O)CP(O)c3cccc(O)c3)cc2Cl)C(=O)O)c1. The number of aliphatic carboxylic acids is 1. The van der Waals surface area contributed by atoms with E-state index in [1.54, 1.807) is 18.2 Å². The van der Waals surface area contributed by atoms with Gasteiger partial charge in [0.05, 0.1) is 34.8 Å². The number of hydrogen-bond acceptors (Lipinski definition) is 7. The van der Waals surface area contributed by atoms with E-state index in [4.69, 9.17) is 23.2 Å². The van der Waals surface area contributed by atoms with Gasteiger partial charge in [0, 0.05) is 24.1 Å². The molecule has 1 amide bonds. The molecule has 0 spiro atoms. The number of amides is 1. The highest BCUT2D eigenvalue weighted by molar-refractivity contribution is 7.90. The Morgan fingerprint density at radius 3 is 2.24 bits per heavy atom. The number of rotatable bonds is 10. The molecular weight excluding hydrogens is 576 g/mol. The van der Waals surface area contributed by atoms with Gasteiger partial charge in [0.25, 0.3) is 5.91 Å². The summed E-state index contributed by atoms with van der Waals surface area (Å²) in [5.74, 6) is -2.26. The van der Waals surface area contributed by atoms with Crippen LogP contribution >= 0.6 is 31.4 Å². The minimum absolute atomic E-state index is 0.0151. The van der Waals surface area contributed by atoms with E-state index in [2.05, 4.69) is 5.32 Å². The van der Waals surface area contributed by atoms with Crippen LogP contribution in [0, 0.1) is 0 Å². The predicted octanol–water partition coefficient (Wildman–Crippen LogP) is 3.28. The number of carbonyl (C=O) groups is 2. The number of benzene rings is 3. The van der Waals surface area contributed by atoms with Crippen molar-refractivity contribution in [3.8, 4) is 5.75 Å². The molecule has 0 bridgehead atoms. The van der Waals surface area contributed by atoms with Crippen molar-refractivity contribution in [3.05, 3.63) is 87.4 Å². The van der Waals surface area contributed by atoms with Gasteiger partial charge in [0.1, 0.15) is 11.8 Å². The highest BCUT2D eigenvalue weighted by Crippen LogP contribution is 2.37. The van der Waals surface area contributed by atoms with Crippen molar-refractivity contribution >= 4 is 58.4 Å². The predicted molar refractivity (Wildman–Crippen MR) is 145 cm³/mol. The number of phenolic OH excluding ortho intramolecular Hbond substituents is 1. The van der Waals surface area contributed by atoms with Crippen molar-refractivity contribution in [2.24, 2.45) is 0 Å². The summed E-state index contributed by atoms with van der Waals surface area (Å²) in [6.07, 6.45) is -0.466. The van der Waals surface area contributed by atoms with E-state index in [9.17, 15) is 38.2 Å². The van der Waals surface area contributed by atoms with Gasteiger partial charge >= 0.3 is 5.97 Å². The molecule has 2 unspecified atom stereocenters. The summed E-state index contributed by atoms with van der Waals surface area (Å²) in [5, 5.41) is 32.4. The van der Waals surface area contributed by atoms with Crippen LogP contribution in [0.4, 0.5) is 0 Å². The summed E-state index contributed by atoms with van der Waals surface area (Å²) < 4.78 is 23.6. The standard InChI is InChI=1S/C25H24Cl2NO8PS/c1-38(35,36)18-7-2-4-14(8-18)9-21(25(32)33)28-24(31)23-19(26)10-15(11-20(23)27)22(30)13-37(34)17-6-3-5-16(29)12-17/h2-8,10-12,21-22,29-30,34H,9,13H2,1H3,(H,28,31)(H,32,33)/t21-,22?,37?/m0/s1. The molecule has 38 heavy (non-hydrogen) atoms. The second kappa shape index (κ2) is 12.4. The zero-order chi connectivity index (χ0) is 28.2. The van der Waals surface area contributed by atoms with Crippen molar-refractivity contribution in [1.82, 2.24) is 5.32 Å². The van der Waals surface area contributed by atoms with Crippen molar-refractivity contribution in [1.29, 1.82) is 0 Å². The Kier molecular flexibility index (Phi) is 9.75. The summed E-state index contributed by atoms with van der Waals surface area (Å²) in [6, 6.07) is 12.9. The fourth-order valence-electron chi connectivity index (χ4n) is 3.60. The topological polar surface area (TPSA) is 161 Å². The van der Waals surface area contributed by atoms with Gasteiger partial charge in [0.2, 0.25) is 0 Å². The number of aliphatic hydroxyl groups excluding tert-OH is 1. The van der Waals surface area contributed by atoms with E-state index in [-0.39, 0.29) is 44.4 Å². The molecule has 0 saturated heterocycles. The van der Waals surface area contributed by atoms with E-state index >= 15 is 0 Å². The number of halogens is 2. The summed E-state index contributed by atoms with van der Waals surface area (Å²) in [6.45, 7) is 0. The molecule has 13 heteroatoms. The first kappa shape index (κ1) is 29.8. The average molecular weight is 600 g/mol. The van der Waals surface area contributed by atoms with Gasteiger partial charge in [-0.25, -0.2) is 13.2 Å². The van der Waals surface area contributed by atoms with Crippen molar-refractivity contribution in [2.45, 2.75) is 23.5 Å². The monoisotopic (exact) mass is 599 g/mol. The van der Waals surface area contributed by atoms with Crippen molar-refractivity contribution in [3.63, 3.8) is 0 Å². The Hall–Kier alpha value is -2.72. The van der Waals surface area contributed by atoms with E-state index in [0.717, 1.165) is 6.26 Å². The van der Waals surface area contributed by atoms with Gasteiger partial charge in [-0.05, 0) is 47.5 Å². The van der Waals surface area contributed by atoms with Crippen LogP contribution in [0.1, 0.15) is 27.6 Å². The largest absolute Gasteiger partial charge is 0.508 e. The molecule has 5 N–H and O–H groups in total. The minimum Gasteiger partial charge on any atom is -0.508 e. The molecule has 0 saturated carbocycles. The maximum absolute atomic E-state index is 12.9. The first-order valence-corrected chi connectivity index (χ1v) is 15.1. The van der Waals surface area contributed by atoms with Crippen molar-refractivity contribution < 1.29 is 38.2 Å². The van der Waals surface area contributed by atoms with Gasteiger partial charge in [-0.15, -0.1) is 0 Å². The number of carboxylic acids is 1. The van der Waals surface area contributed by atoms with Crippen LogP contribution in [0.25, 0.3) is 0 Å². The Bertz CT molecular complexity index is 1440. The second-order valence-electron chi connectivity index (χ2n) is 8.47. The molecule has 0 radical (unpaired) electrons. The highest BCUT2D eigenvalue weighted by atomic mass is 35.5. The smallest absolute Gasteiger partial charge is 0.326 e. The minimum atomic E-state index is -3.51. The molecule has 3 rings (SSSR count). The zero-order valence-corrected chi connectivity index (χ0v) is 23.1. The maximum atomic E-state index is 12.9. The maximum Gasteiger partial charge on any atom is 0.326 e. The van der Waals surface area contributed by atoms with E-state index < -0.39 is 42.0 Å². The number of phenols is 1. The van der Waals surface area contributed by atoms with E-state index in [1.807, 2.05) is 0 Å². The highest BCUT2D eigenvalue weighted by Gasteiger charge is 2.26. The molecular formula is C25H24Cl2NO8PS. The number of hydrogen-bond donors (Lipinski definition) is 5. The molecule has 0 fully saturated rings. The Morgan fingerprint density at radius 2 is 1.66 bits per heavy atom. The zero-order valence-electron chi connectivity index (χ0n) is 19.9. The lowest BCUT2D eigenvalue weighted by molar-refractivity contribution is -0.139. The molecule has 3 atom stereocenters. The van der Waals surface area contributed by atoms with Crippen LogP contribution in [0.2, 0.25) is 10.0 Å². The number of nitrogens with one attached hydrogen (secondary N) is 1. The second-order valence-corrected chi connectivity index (χ2v) is 13.0. The molecule has 3 aromatic rings. The molecule has 3 aromatic carbocycles. The fraction of sp³-hybridized carbons (Fsp3) is 0.200.